The number of aromatic amines is 4. The first-order valence-electron chi connectivity index (χ1n) is 15.9. The van der Waals surface area contributed by atoms with Gasteiger partial charge in [0, 0.05) is 54.6 Å². The topological polar surface area (TPSA) is 115 Å². The minimum absolute atomic E-state index is 0.880. The van der Waals surface area contributed by atoms with Crippen LogP contribution in [0.4, 0.5) is 0 Å². The zero-order valence-corrected chi connectivity index (χ0v) is 25.3. The first-order valence-corrected chi connectivity index (χ1v) is 15.9. The lowest BCUT2D eigenvalue weighted by atomic mass is 10.0. The largest absolute Gasteiger partial charge is 0.355 e. The van der Waals surface area contributed by atoms with Gasteiger partial charge in [0.25, 0.3) is 0 Å². The molecule has 224 valence electrons. The molecule has 8 heteroatoms. The summed E-state index contributed by atoms with van der Waals surface area (Å²) < 4.78 is 0. The number of fused-ring (bicyclic) bond motifs is 18. The van der Waals surface area contributed by atoms with Gasteiger partial charge >= 0.3 is 0 Å². The van der Waals surface area contributed by atoms with Crippen molar-refractivity contribution in [3.63, 3.8) is 0 Å². The van der Waals surface area contributed by atoms with Crippen LogP contribution in [0, 0.1) is 0 Å². The number of aromatic nitrogens is 8. The highest BCUT2D eigenvalue weighted by atomic mass is 14.8. The minimum atomic E-state index is 0.880. The highest BCUT2D eigenvalue weighted by molar-refractivity contribution is 6.28. The van der Waals surface area contributed by atoms with Gasteiger partial charge in [0.15, 0.2) is 0 Å². The summed E-state index contributed by atoms with van der Waals surface area (Å²) in [5.41, 5.74) is 14.9. The lowest BCUT2D eigenvalue weighted by molar-refractivity contribution is 1.32. The number of benzene rings is 1. The van der Waals surface area contributed by atoms with E-state index in [9.17, 15) is 0 Å². The van der Waals surface area contributed by atoms with E-state index in [0.29, 0.717) is 0 Å². The summed E-state index contributed by atoms with van der Waals surface area (Å²) in [5, 5.41) is 4.17. The zero-order valence-electron chi connectivity index (χ0n) is 25.3. The van der Waals surface area contributed by atoms with E-state index in [1.807, 2.05) is 24.3 Å². The average molecular weight is 617 g/mol. The maximum atomic E-state index is 5.15. The highest BCUT2D eigenvalue weighted by Gasteiger charge is 2.19. The summed E-state index contributed by atoms with van der Waals surface area (Å²) in [7, 11) is 0. The molecule has 0 unspecified atom stereocenters. The molecule has 8 nitrogen and oxygen atoms in total. The Bertz CT molecular complexity index is 2810. The van der Waals surface area contributed by atoms with Crippen LogP contribution in [0.3, 0.4) is 0 Å². The molecular formula is C40H24N8. The van der Waals surface area contributed by atoms with Crippen molar-refractivity contribution in [1.29, 1.82) is 0 Å². The zero-order chi connectivity index (χ0) is 31.3. The Morgan fingerprint density at radius 2 is 0.646 bits per heavy atom. The maximum absolute atomic E-state index is 5.15. The molecule has 11 rings (SSSR count). The molecule has 6 aromatic heterocycles. The predicted octanol–water partition coefficient (Wildman–Crippen LogP) is 9.37. The minimum Gasteiger partial charge on any atom is -0.355 e. The van der Waals surface area contributed by atoms with Crippen molar-refractivity contribution in [3.05, 3.63) is 118 Å². The molecule has 0 amide bonds. The van der Waals surface area contributed by atoms with E-state index in [0.717, 1.165) is 111 Å². The molecule has 0 atom stereocenters. The van der Waals surface area contributed by atoms with Crippen molar-refractivity contribution < 1.29 is 0 Å². The van der Waals surface area contributed by atoms with Crippen LogP contribution in [-0.4, -0.2) is 39.9 Å². The van der Waals surface area contributed by atoms with Crippen LogP contribution in [0.1, 0.15) is 45.6 Å². The molecule has 16 bridgehead atoms. The van der Waals surface area contributed by atoms with Crippen LogP contribution in [0.15, 0.2) is 72.8 Å². The van der Waals surface area contributed by atoms with E-state index in [2.05, 4.69) is 117 Å². The second kappa shape index (κ2) is 9.37. The summed E-state index contributed by atoms with van der Waals surface area (Å²) in [6.45, 7) is 0. The molecule has 10 heterocycles. The normalized spacial score (nSPS) is 13.5. The van der Waals surface area contributed by atoms with Crippen molar-refractivity contribution >= 4 is 114 Å². The van der Waals surface area contributed by atoms with E-state index < -0.39 is 0 Å². The Kier molecular flexibility index (Phi) is 4.96. The van der Waals surface area contributed by atoms with Gasteiger partial charge in [0.1, 0.15) is 0 Å². The fraction of sp³-hybridized carbons (Fsp3) is 0. The molecule has 0 saturated heterocycles. The van der Waals surface area contributed by atoms with Gasteiger partial charge in [-0.1, -0.05) is 0 Å². The van der Waals surface area contributed by atoms with Crippen LogP contribution in [0.5, 0.6) is 0 Å². The van der Waals surface area contributed by atoms with E-state index in [-0.39, 0.29) is 0 Å². The summed E-state index contributed by atoms with van der Waals surface area (Å²) >= 11 is 0. The number of nitrogens with zero attached hydrogens (tertiary/aromatic N) is 4. The molecule has 0 radical (unpaired) electrons. The van der Waals surface area contributed by atoms with Crippen LogP contribution in [0.25, 0.3) is 114 Å². The molecule has 1 aromatic carbocycles. The molecule has 4 aliphatic rings. The van der Waals surface area contributed by atoms with Crippen molar-refractivity contribution in [2.45, 2.75) is 0 Å². The van der Waals surface area contributed by atoms with Crippen LogP contribution >= 0.6 is 0 Å². The number of nitrogens with one attached hydrogen (secondary N) is 4. The third-order valence-corrected chi connectivity index (χ3v) is 9.20. The quantitative estimate of drug-likeness (QED) is 0.136. The third-order valence-electron chi connectivity index (χ3n) is 9.20. The lowest BCUT2D eigenvalue weighted by Crippen LogP contribution is -1.85. The Morgan fingerprint density at radius 1 is 0.312 bits per heavy atom. The maximum Gasteiger partial charge on any atom is 0.0738 e. The van der Waals surface area contributed by atoms with E-state index in [4.69, 9.17) is 19.9 Å². The van der Waals surface area contributed by atoms with Gasteiger partial charge in [0.2, 0.25) is 0 Å². The first kappa shape index (κ1) is 25.4. The smallest absolute Gasteiger partial charge is 0.0738 e. The van der Waals surface area contributed by atoms with E-state index in [1.165, 1.54) is 0 Å². The third kappa shape index (κ3) is 4.03. The average Bonchev–Trinajstić information content (AvgIpc) is 3.90. The molecule has 0 aliphatic carbocycles. The van der Waals surface area contributed by atoms with Crippen LogP contribution in [0.2, 0.25) is 0 Å². The van der Waals surface area contributed by atoms with Gasteiger partial charge in [-0.3, -0.25) is 0 Å². The summed E-state index contributed by atoms with van der Waals surface area (Å²) in [6.07, 6.45) is 16.5. The lowest BCUT2D eigenvalue weighted by Gasteiger charge is -2.04. The fourth-order valence-corrected chi connectivity index (χ4v) is 7.15. The summed E-state index contributed by atoms with van der Waals surface area (Å²) in [6, 6.07) is 25.1. The van der Waals surface area contributed by atoms with Crippen LogP contribution < -0.4 is 0 Å². The summed E-state index contributed by atoms with van der Waals surface area (Å²) in [5.74, 6) is 0. The van der Waals surface area contributed by atoms with Crippen molar-refractivity contribution in [2.24, 2.45) is 0 Å². The predicted molar refractivity (Wildman–Crippen MR) is 197 cm³/mol. The van der Waals surface area contributed by atoms with Crippen molar-refractivity contribution in [1.82, 2.24) is 39.9 Å². The highest BCUT2D eigenvalue weighted by Crippen LogP contribution is 2.40. The molecule has 4 aliphatic heterocycles. The molecule has 0 spiro atoms. The number of rotatable bonds is 0. The van der Waals surface area contributed by atoms with E-state index >= 15 is 0 Å². The molecular weight excluding hydrogens is 592 g/mol. The van der Waals surface area contributed by atoms with Crippen molar-refractivity contribution in [3.8, 4) is 0 Å². The molecule has 4 N–H and O–H groups in total. The molecule has 7 aromatic rings. The second-order valence-corrected chi connectivity index (χ2v) is 12.5. The van der Waals surface area contributed by atoms with Gasteiger partial charge < -0.3 is 19.9 Å². The van der Waals surface area contributed by atoms with Gasteiger partial charge in [-0.15, -0.1) is 0 Å². The second-order valence-electron chi connectivity index (χ2n) is 12.5. The fourth-order valence-electron chi connectivity index (χ4n) is 7.15. The first-order chi connectivity index (χ1) is 23.6. The molecule has 0 fully saturated rings. The summed E-state index contributed by atoms with van der Waals surface area (Å²) in [4.78, 5) is 34.6. The van der Waals surface area contributed by atoms with Crippen molar-refractivity contribution in [2.75, 3.05) is 0 Å². The molecule has 48 heavy (non-hydrogen) atoms. The number of hydrogen-bond acceptors (Lipinski definition) is 4. The number of hydrogen-bond donors (Lipinski definition) is 4. The molecule has 0 saturated carbocycles. The van der Waals surface area contributed by atoms with Gasteiger partial charge in [-0.25, -0.2) is 19.9 Å². The monoisotopic (exact) mass is 616 g/mol. The van der Waals surface area contributed by atoms with Gasteiger partial charge in [-0.2, -0.15) is 0 Å². The Balaban J connectivity index is 1.35. The number of H-pyrrole nitrogens is 4. The Hall–Kier alpha value is -6.80. The Labute approximate surface area is 272 Å². The van der Waals surface area contributed by atoms with Crippen LogP contribution in [-0.2, 0) is 0 Å². The van der Waals surface area contributed by atoms with E-state index in [1.54, 1.807) is 0 Å². The standard InChI is InChI=1S/C40H24N8/c1-3-25-15-29-9-11-35(45-29)37-33-20-32-18-28-8-6-24(44-28)14-22-2-4-26(42-22)16-30-10-12-36(46-30)38(40(33)48-32)34-19-31(47-39(34)37)17-27-7-5-23(43-27)13-21(1)41-25/h1-20,41-42,47-48H. The Morgan fingerprint density at radius 3 is 1.04 bits per heavy atom. The van der Waals surface area contributed by atoms with Gasteiger partial charge in [-0.05, 0) is 121 Å². The van der Waals surface area contributed by atoms with Gasteiger partial charge in [0.05, 0.1) is 56.6 Å². The SMILES string of the molecule is C1=Cc2cc3cc4c([nH]3)c(c3nc(cc5ccc(cc1n2)[nH]5)C=C3)c1cc2cc3nc(cc5ccc(cc6nc(c4c1[nH]2)C=C6)[nH]5)C=C3.